The Labute approximate surface area is 140 Å². The van der Waals surface area contributed by atoms with Crippen molar-refractivity contribution in [1.29, 1.82) is 0 Å². The molecule has 0 spiro atoms. The Morgan fingerprint density at radius 2 is 1.55 bits per heavy atom. The topological polar surface area (TPSA) is 41.1 Å². The van der Waals surface area contributed by atoms with Gasteiger partial charge in [-0.2, -0.15) is 0 Å². The number of carbonyl (C=O) groups excluding carboxylic acids is 1. The first kappa shape index (κ1) is 16.7. The van der Waals surface area contributed by atoms with Gasteiger partial charge < -0.3 is 10.6 Å². The maximum Gasteiger partial charge on any atom is 0.234 e. The Morgan fingerprint density at radius 1 is 0.955 bits per heavy atom. The molecule has 2 rings (SSSR count). The van der Waals surface area contributed by atoms with Gasteiger partial charge in [-0.05, 0) is 37.1 Å². The van der Waals surface area contributed by atoms with Gasteiger partial charge in [0.15, 0.2) is 0 Å². The Morgan fingerprint density at radius 3 is 2.18 bits per heavy atom. The molecule has 0 bridgehead atoms. The molecule has 0 aromatic heterocycles. The molecule has 22 heavy (non-hydrogen) atoms. The lowest BCUT2D eigenvalue weighted by Crippen LogP contribution is -2.36. The van der Waals surface area contributed by atoms with E-state index in [2.05, 4.69) is 45.6 Å². The van der Waals surface area contributed by atoms with Crippen molar-refractivity contribution in [1.82, 2.24) is 10.6 Å². The highest BCUT2D eigenvalue weighted by molar-refractivity contribution is 9.10. The minimum atomic E-state index is -0.00516. The first-order valence-corrected chi connectivity index (χ1v) is 8.18. The fraction of sp³-hybridized carbons (Fsp3) is 0.278. The highest BCUT2D eigenvalue weighted by Gasteiger charge is 2.11. The van der Waals surface area contributed by atoms with E-state index in [0.29, 0.717) is 6.54 Å². The fourth-order valence-electron chi connectivity index (χ4n) is 2.23. The van der Waals surface area contributed by atoms with Gasteiger partial charge in [0.05, 0.1) is 12.6 Å². The molecule has 1 amide bonds. The lowest BCUT2D eigenvalue weighted by atomic mass is 10.1. The molecule has 0 saturated carbocycles. The van der Waals surface area contributed by atoms with E-state index >= 15 is 0 Å². The van der Waals surface area contributed by atoms with E-state index in [9.17, 15) is 4.79 Å². The van der Waals surface area contributed by atoms with Crippen molar-refractivity contribution in [2.45, 2.75) is 25.9 Å². The number of rotatable bonds is 6. The molecule has 2 atom stereocenters. The molecule has 0 radical (unpaired) electrons. The van der Waals surface area contributed by atoms with Crippen LogP contribution in [0.3, 0.4) is 0 Å². The number of carbonyl (C=O) groups is 1. The van der Waals surface area contributed by atoms with E-state index in [1.165, 1.54) is 5.56 Å². The first-order chi connectivity index (χ1) is 10.6. The summed E-state index contributed by atoms with van der Waals surface area (Å²) in [4.78, 5) is 12.0. The molecular formula is C18H21BrN2O. The number of hydrogen-bond donors (Lipinski definition) is 2. The van der Waals surface area contributed by atoms with Gasteiger partial charge >= 0.3 is 0 Å². The molecule has 0 saturated heterocycles. The van der Waals surface area contributed by atoms with Gasteiger partial charge in [0.2, 0.25) is 5.91 Å². The van der Waals surface area contributed by atoms with Crippen molar-refractivity contribution >= 4 is 21.8 Å². The summed E-state index contributed by atoms with van der Waals surface area (Å²) in [6, 6.07) is 18.2. The second kappa shape index (κ2) is 8.11. The molecule has 0 heterocycles. The highest BCUT2D eigenvalue weighted by Crippen LogP contribution is 2.16. The molecule has 0 fully saturated rings. The smallest absolute Gasteiger partial charge is 0.234 e. The predicted octanol–water partition coefficient (Wildman–Crippen LogP) is 3.98. The van der Waals surface area contributed by atoms with Crippen LogP contribution in [-0.4, -0.2) is 12.5 Å². The van der Waals surface area contributed by atoms with Crippen molar-refractivity contribution in [3.63, 3.8) is 0 Å². The van der Waals surface area contributed by atoms with Crippen LogP contribution in [0.1, 0.15) is 37.1 Å². The van der Waals surface area contributed by atoms with Gasteiger partial charge in [-0.25, -0.2) is 0 Å². The molecule has 3 nitrogen and oxygen atoms in total. The Bertz CT molecular complexity index is 598. The Kier molecular flexibility index (Phi) is 6.16. The van der Waals surface area contributed by atoms with E-state index in [-0.39, 0.29) is 18.0 Å². The number of hydrogen-bond acceptors (Lipinski definition) is 2. The van der Waals surface area contributed by atoms with Crippen LogP contribution in [0.4, 0.5) is 0 Å². The van der Waals surface area contributed by atoms with Crippen LogP contribution in [0, 0.1) is 0 Å². The van der Waals surface area contributed by atoms with Gasteiger partial charge in [-0.3, -0.25) is 4.79 Å². The van der Waals surface area contributed by atoms with Crippen LogP contribution in [-0.2, 0) is 4.79 Å². The summed E-state index contributed by atoms with van der Waals surface area (Å²) in [5.74, 6) is -0.00167. The number of nitrogens with one attached hydrogen (secondary N) is 2. The van der Waals surface area contributed by atoms with Gasteiger partial charge in [-0.1, -0.05) is 58.4 Å². The summed E-state index contributed by atoms with van der Waals surface area (Å²) in [6.07, 6.45) is 0. The maximum atomic E-state index is 12.0. The van der Waals surface area contributed by atoms with E-state index in [0.717, 1.165) is 10.0 Å². The van der Waals surface area contributed by atoms with Gasteiger partial charge in [0, 0.05) is 10.5 Å². The Hall–Kier alpha value is -1.65. The molecule has 0 aliphatic carbocycles. The number of amides is 1. The van der Waals surface area contributed by atoms with Crippen LogP contribution >= 0.6 is 15.9 Å². The lowest BCUT2D eigenvalue weighted by Gasteiger charge is -2.17. The molecule has 2 aromatic rings. The minimum absolute atomic E-state index is 0.00167. The van der Waals surface area contributed by atoms with Gasteiger partial charge in [0.1, 0.15) is 0 Å². The van der Waals surface area contributed by atoms with Crippen LogP contribution in [0.2, 0.25) is 0 Å². The predicted molar refractivity (Wildman–Crippen MR) is 93.6 cm³/mol. The average Bonchev–Trinajstić information content (AvgIpc) is 2.54. The molecule has 0 aliphatic rings. The van der Waals surface area contributed by atoms with Gasteiger partial charge in [0.25, 0.3) is 0 Å². The molecule has 2 aromatic carbocycles. The van der Waals surface area contributed by atoms with Gasteiger partial charge in [-0.15, -0.1) is 0 Å². The molecular weight excluding hydrogens is 340 g/mol. The lowest BCUT2D eigenvalue weighted by molar-refractivity contribution is -0.121. The molecule has 0 aliphatic heterocycles. The SMILES string of the molecule is C[C@H](NC(=O)CN[C@H](C)c1ccccc1)c1ccc(Br)cc1. The third kappa shape index (κ3) is 4.97. The summed E-state index contributed by atoms with van der Waals surface area (Å²) < 4.78 is 1.04. The van der Waals surface area contributed by atoms with Crippen LogP contribution < -0.4 is 10.6 Å². The van der Waals surface area contributed by atoms with Crippen LogP contribution in [0.25, 0.3) is 0 Å². The second-order valence-corrected chi connectivity index (χ2v) is 6.27. The van der Waals surface area contributed by atoms with Crippen molar-refractivity contribution in [2.24, 2.45) is 0 Å². The van der Waals surface area contributed by atoms with Crippen molar-refractivity contribution in [3.05, 3.63) is 70.2 Å². The maximum absolute atomic E-state index is 12.0. The third-order valence-electron chi connectivity index (χ3n) is 3.62. The molecule has 0 unspecified atom stereocenters. The molecule has 4 heteroatoms. The zero-order chi connectivity index (χ0) is 15.9. The van der Waals surface area contributed by atoms with Crippen LogP contribution in [0.15, 0.2) is 59.1 Å². The molecule has 2 N–H and O–H groups in total. The normalized spacial score (nSPS) is 13.4. The highest BCUT2D eigenvalue weighted by atomic mass is 79.9. The largest absolute Gasteiger partial charge is 0.348 e. The van der Waals surface area contributed by atoms with Crippen LogP contribution in [0.5, 0.6) is 0 Å². The van der Waals surface area contributed by atoms with E-state index < -0.39 is 0 Å². The average molecular weight is 361 g/mol. The van der Waals surface area contributed by atoms with Crippen molar-refractivity contribution in [2.75, 3.05) is 6.54 Å². The minimum Gasteiger partial charge on any atom is -0.348 e. The zero-order valence-electron chi connectivity index (χ0n) is 12.8. The quantitative estimate of drug-likeness (QED) is 0.817. The van der Waals surface area contributed by atoms with Crippen molar-refractivity contribution in [3.8, 4) is 0 Å². The van der Waals surface area contributed by atoms with E-state index in [1.54, 1.807) is 0 Å². The first-order valence-electron chi connectivity index (χ1n) is 7.39. The summed E-state index contributed by atoms with van der Waals surface area (Å²) in [5, 5.41) is 6.25. The van der Waals surface area contributed by atoms with E-state index in [4.69, 9.17) is 0 Å². The Balaban J connectivity index is 1.81. The second-order valence-electron chi connectivity index (χ2n) is 5.35. The van der Waals surface area contributed by atoms with E-state index in [1.807, 2.05) is 49.4 Å². The standard InChI is InChI=1S/C18H21BrN2O/c1-13(15-6-4-3-5-7-15)20-12-18(22)21-14(2)16-8-10-17(19)11-9-16/h3-11,13-14,20H,12H2,1-2H3,(H,21,22)/t13-,14+/m1/s1. The van der Waals surface area contributed by atoms with Crippen molar-refractivity contribution < 1.29 is 4.79 Å². The zero-order valence-corrected chi connectivity index (χ0v) is 14.4. The fourth-order valence-corrected chi connectivity index (χ4v) is 2.50. The molecule has 116 valence electrons. The third-order valence-corrected chi connectivity index (χ3v) is 4.14. The number of benzene rings is 2. The summed E-state index contributed by atoms with van der Waals surface area (Å²) >= 11 is 3.41. The summed E-state index contributed by atoms with van der Waals surface area (Å²) in [6.45, 7) is 4.35. The monoisotopic (exact) mass is 360 g/mol. The number of halogens is 1. The summed E-state index contributed by atoms with van der Waals surface area (Å²) in [7, 11) is 0. The summed E-state index contributed by atoms with van der Waals surface area (Å²) in [5.41, 5.74) is 2.27.